The number of hydrogen-bond donors (Lipinski definition) is 1. The summed E-state index contributed by atoms with van der Waals surface area (Å²) in [6, 6.07) is 15.3. The van der Waals surface area contributed by atoms with Crippen molar-refractivity contribution in [2.45, 2.75) is 0 Å². The van der Waals surface area contributed by atoms with Gasteiger partial charge >= 0.3 is 7.82 Å². The minimum absolute atomic E-state index is 0.0823. The van der Waals surface area contributed by atoms with Crippen molar-refractivity contribution < 1.29 is 23.2 Å². The first kappa shape index (κ1) is 15.2. The Hall–Kier alpha value is -2.33. The number of aromatic hydroxyl groups is 1. The summed E-state index contributed by atoms with van der Waals surface area (Å²) < 4.78 is 27.7. The molecule has 0 bridgehead atoms. The highest BCUT2D eigenvalue weighted by Gasteiger charge is 2.29. The molecule has 0 fully saturated rings. The zero-order valence-corrected chi connectivity index (χ0v) is 14.0. The fourth-order valence-corrected chi connectivity index (χ4v) is 3.85. The maximum absolute atomic E-state index is 12.4. The molecule has 6 heteroatoms. The predicted molar refractivity (Wildman–Crippen MR) is 94.1 cm³/mol. The molecule has 0 saturated carbocycles. The number of hydrogen-bond acceptors (Lipinski definition) is 5. The van der Waals surface area contributed by atoms with Crippen molar-refractivity contribution in [2.24, 2.45) is 0 Å². The van der Waals surface area contributed by atoms with Crippen LogP contribution in [0.4, 0.5) is 0 Å². The van der Waals surface area contributed by atoms with Crippen LogP contribution in [0.25, 0.3) is 32.3 Å². The Bertz CT molecular complexity index is 1100. The van der Waals surface area contributed by atoms with E-state index in [0.29, 0.717) is 10.8 Å². The quantitative estimate of drug-likeness (QED) is 0.414. The molecule has 0 aromatic heterocycles. The summed E-state index contributed by atoms with van der Waals surface area (Å²) in [7, 11) is -1.33. The van der Waals surface area contributed by atoms with Crippen LogP contribution in [0.15, 0.2) is 48.5 Å². The van der Waals surface area contributed by atoms with Gasteiger partial charge in [0, 0.05) is 35.8 Å². The van der Waals surface area contributed by atoms with E-state index in [-0.39, 0.29) is 11.5 Å². The smallest absolute Gasteiger partial charge is 0.504 e. The molecule has 0 spiro atoms. The second-order valence-electron chi connectivity index (χ2n) is 5.45. The van der Waals surface area contributed by atoms with Crippen LogP contribution in [-0.4, -0.2) is 19.3 Å². The zero-order valence-electron chi connectivity index (χ0n) is 13.1. The van der Waals surface area contributed by atoms with Gasteiger partial charge in [-0.1, -0.05) is 48.5 Å². The monoisotopic (exact) mass is 342 g/mol. The molecule has 1 N–H and O–H groups in total. The molecule has 5 nitrogen and oxygen atoms in total. The van der Waals surface area contributed by atoms with Crippen LogP contribution < -0.4 is 4.52 Å². The number of rotatable bonds is 4. The minimum Gasteiger partial charge on any atom is -0.504 e. The first-order chi connectivity index (χ1) is 11.6. The number of phosphoric acid groups is 1. The Kier molecular flexibility index (Phi) is 3.39. The molecule has 0 aliphatic heterocycles. The highest BCUT2D eigenvalue weighted by Crippen LogP contribution is 2.54. The molecule has 0 aliphatic rings. The van der Waals surface area contributed by atoms with Gasteiger partial charge < -0.3 is 9.63 Å². The van der Waals surface area contributed by atoms with Gasteiger partial charge in [0.2, 0.25) is 0 Å². The first-order valence-electron chi connectivity index (χ1n) is 7.37. The standard InChI is InChI=1S/C18H15O5P/c1-21-24(20,22-2)23-18-14-8-4-6-12-10-9-11-5-3-7-13(17(18)19)15(11)16(12)14/h3-10,19H,1-2H3. The van der Waals surface area contributed by atoms with E-state index < -0.39 is 7.82 Å². The van der Waals surface area contributed by atoms with Crippen molar-refractivity contribution in [1.82, 2.24) is 0 Å². The summed E-state index contributed by atoms with van der Waals surface area (Å²) in [6.45, 7) is 0. The molecule has 4 aromatic rings. The summed E-state index contributed by atoms with van der Waals surface area (Å²) in [6.07, 6.45) is 0. The van der Waals surface area contributed by atoms with E-state index in [2.05, 4.69) is 0 Å². The van der Waals surface area contributed by atoms with Crippen molar-refractivity contribution in [3.05, 3.63) is 48.5 Å². The van der Waals surface area contributed by atoms with Crippen LogP contribution in [-0.2, 0) is 13.6 Å². The molecule has 24 heavy (non-hydrogen) atoms. The van der Waals surface area contributed by atoms with Crippen LogP contribution in [0.2, 0.25) is 0 Å². The summed E-state index contributed by atoms with van der Waals surface area (Å²) in [5, 5.41) is 16.0. The van der Waals surface area contributed by atoms with Crippen LogP contribution in [0.1, 0.15) is 0 Å². The minimum atomic E-state index is -3.80. The van der Waals surface area contributed by atoms with Gasteiger partial charge in [0.05, 0.1) is 0 Å². The Morgan fingerprint density at radius 2 is 1.38 bits per heavy atom. The second kappa shape index (κ2) is 5.35. The summed E-state index contributed by atoms with van der Waals surface area (Å²) >= 11 is 0. The van der Waals surface area contributed by atoms with Gasteiger partial charge in [-0.25, -0.2) is 4.57 Å². The molecule has 0 heterocycles. The molecule has 0 amide bonds. The number of phenolic OH excluding ortho intramolecular Hbond substituents is 1. The normalized spacial score (nSPS) is 12.4. The lowest BCUT2D eigenvalue weighted by molar-refractivity contribution is 0.209. The Morgan fingerprint density at radius 1 is 0.833 bits per heavy atom. The van der Waals surface area contributed by atoms with Gasteiger partial charge in [-0.05, 0) is 10.8 Å². The molecule has 4 aromatic carbocycles. The fourth-order valence-electron chi connectivity index (χ4n) is 3.15. The van der Waals surface area contributed by atoms with Crippen molar-refractivity contribution in [1.29, 1.82) is 0 Å². The van der Waals surface area contributed by atoms with Gasteiger partial charge in [-0.15, -0.1) is 0 Å². The largest absolute Gasteiger partial charge is 0.529 e. The molecular weight excluding hydrogens is 327 g/mol. The second-order valence-corrected chi connectivity index (χ2v) is 7.26. The van der Waals surface area contributed by atoms with Crippen LogP contribution in [0.3, 0.4) is 0 Å². The zero-order chi connectivity index (χ0) is 16.9. The van der Waals surface area contributed by atoms with Crippen LogP contribution >= 0.6 is 7.82 Å². The number of phenols is 1. The van der Waals surface area contributed by atoms with E-state index >= 15 is 0 Å². The van der Waals surface area contributed by atoms with Crippen LogP contribution in [0.5, 0.6) is 11.5 Å². The molecule has 0 saturated heterocycles. The van der Waals surface area contributed by atoms with Gasteiger partial charge in [0.15, 0.2) is 11.5 Å². The van der Waals surface area contributed by atoms with E-state index in [9.17, 15) is 9.67 Å². The van der Waals surface area contributed by atoms with Gasteiger partial charge in [0.1, 0.15) is 0 Å². The molecule has 0 aliphatic carbocycles. The van der Waals surface area contributed by atoms with E-state index in [4.69, 9.17) is 13.6 Å². The van der Waals surface area contributed by atoms with E-state index in [0.717, 1.165) is 21.5 Å². The highest BCUT2D eigenvalue weighted by molar-refractivity contribution is 7.48. The molecular formula is C18H15O5P. The van der Waals surface area contributed by atoms with Gasteiger partial charge in [-0.3, -0.25) is 9.05 Å². The van der Waals surface area contributed by atoms with Crippen LogP contribution in [0, 0.1) is 0 Å². The molecule has 0 radical (unpaired) electrons. The topological polar surface area (TPSA) is 65.0 Å². The van der Waals surface area contributed by atoms with E-state index in [1.807, 2.05) is 42.5 Å². The third-order valence-electron chi connectivity index (χ3n) is 4.25. The van der Waals surface area contributed by atoms with E-state index in [1.165, 1.54) is 14.2 Å². The lowest BCUT2D eigenvalue weighted by Gasteiger charge is -2.19. The number of phosphoric ester groups is 1. The SMILES string of the molecule is COP(=O)(OC)Oc1c(O)c2cccc3ccc4cccc1c4c32. The van der Waals surface area contributed by atoms with E-state index in [1.54, 1.807) is 6.07 Å². The lowest BCUT2D eigenvalue weighted by atomic mass is 9.93. The average Bonchev–Trinajstić information content (AvgIpc) is 2.63. The van der Waals surface area contributed by atoms with Crippen molar-refractivity contribution in [3.63, 3.8) is 0 Å². The van der Waals surface area contributed by atoms with Crippen molar-refractivity contribution >= 4 is 40.1 Å². The maximum Gasteiger partial charge on any atom is 0.529 e. The first-order valence-corrected chi connectivity index (χ1v) is 8.83. The Labute approximate surface area is 138 Å². The van der Waals surface area contributed by atoms with Gasteiger partial charge in [0.25, 0.3) is 0 Å². The van der Waals surface area contributed by atoms with Crippen molar-refractivity contribution in [3.8, 4) is 11.5 Å². The molecule has 0 unspecified atom stereocenters. The fraction of sp³-hybridized carbons (Fsp3) is 0.111. The summed E-state index contributed by atoms with van der Waals surface area (Å²) in [4.78, 5) is 0. The third kappa shape index (κ3) is 2.06. The Morgan fingerprint density at radius 3 is 1.96 bits per heavy atom. The summed E-state index contributed by atoms with van der Waals surface area (Å²) in [5.41, 5.74) is 0. The molecule has 0 atom stereocenters. The van der Waals surface area contributed by atoms with Crippen molar-refractivity contribution in [2.75, 3.05) is 14.2 Å². The lowest BCUT2D eigenvalue weighted by Crippen LogP contribution is -1.99. The molecule has 122 valence electrons. The maximum atomic E-state index is 12.4. The van der Waals surface area contributed by atoms with Gasteiger partial charge in [-0.2, -0.15) is 0 Å². The highest BCUT2D eigenvalue weighted by atomic mass is 31.2. The third-order valence-corrected chi connectivity index (χ3v) is 5.55. The predicted octanol–water partition coefficient (Wildman–Crippen LogP) is 5.07. The molecule has 4 rings (SSSR count). The number of benzene rings is 4. The summed E-state index contributed by atoms with van der Waals surface area (Å²) in [5.74, 6) is 0.0139. The Balaban J connectivity index is 2.17. The average molecular weight is 342 g/mol.